The van der Waals surface area contributed by atoms with Crippen LogP contribution in [0.5, 0.6) is 5.75 Å². The van der Waals surface area contributed by atoms with E-state index in [2.05, 4.69) is 10.6 Å². The molecule has 122 valence electrons. The molecule has 2 rings (SSSR count). The molecule has 0 aromatic heterocycles. The van der Waals surface area contributed by atoms with Gasteiger partial charge >= 0.3 is 6.03 Å². The van der Waals surface area contributed by atoms with Gasteiger partial charge in [0, 0.05) is 13.1 Å². The van der Waals surface area contributed by atoms with Crippen molar-refractivity contribution in [2.75, 3.05) is 20.2 Å². The molecule has 0 spiro atoms. The topological polar surface area (TPSA) is 50.4 Å². The van der Waals surface area contributed by atoms with Crippen molar-refractivity contribution < 1.29 is 13.9 Å². The standard InChI is InChI=1S/C18H21FN2O2/c1-23-17-8-4-15(5-9-17)11-13-21-18(22)20-12-10-14-2-6-16(19)7-3-14/h2-9H,10-13H2,1H3,(H2,20,21,22). The summed E-state index contributed by atoms with van der Waals surface area (Å²) in [7, 11) is 1.63. The lowest BCUT2D eigenvalue weighted by Gasteiger charge is -2.08. The smallest absolute Gasteiger partial charge is 0.314 e. The highest BCUT2D eigenvalue weighted by atomic mass is 19.1. The average Bonchev–Trinajstić information content (AvgIpc) is 2.57. The molecule has 2 N–H and O–H groups in total. The molecule has 4 nitrogen and oxygen atoms in total. The van der Waals surface area contributed by atoms with Crippen LogP contribution < -0.4 is 15.4 Å². The number of hydrogen-bond donors (Lipinski definition) is 2. The van der Waals surface area contributed by atoms with Crippen molar-refractivity contribution in [2.24, 2.45) is 0 Å². The third-order valence-electron chi connectivity index (χ3n) is 3.47. The molecule has 2 aromatic rings. The van der Waals surface area contributed by atoms with Gasteiger partial charge < -0.3 is 15.4 Å². The van der Waals surface area contributed by atoms with Crippen LogP contribution in [-0.4, -0.2) is 26.2 Å². The number of nitrogens with one attached hydrogen (secondary N) is 2. The monoisotopic (exact) mass is 316 g/mol. The number of methoxy groups -OCH3 is 1. The highest BCUT2D eigenvalue weighted by Gasteiger charge is 2.01. The van der Waals surface area contributed by atoms with Crippen LogP contribution >= 0.6 is 0 Å². The Balaban J connectivity index is 1.62. The van der Waals surface area contributed by atoms with Crippen LogP contribution in [0.1, 0.15) is 11.1 Å². The van der Waals surface area contributed by atoms with Crippen molar-refractivity contribution in [3.8, 4) is 5.75 Å². The van der Waals surface area contributed by atoms with Gasteiger partial charge in [-0.15, -0.1) is 0 Å². The zero-order valence-corrected chi connectivity index (χ0v) is 13.1. The van der Waals surface area contributed by atoms with Crippen molar-refractivity contribution >= 4 is 6.03 Å². The molecule has 5 heteroatoms. The van der Waals surface area contributed by atoms with Crippen LogP contribution in [0.4, 0.5) is 9.18 Å². The zero-order valence-electron chi connectivity index (χ0n) is 13.1. The summed E-state index contributed by atoms with van der Waals surface area (Å²) < 4.78 is 17.9. The SMILES string of the molecule is COc1ccc(CCNC(=O)NCCc2ccc(F)cc2)cc1. The van der Waals surface area contributed by atoms with Crippen molar-refractivity contribution in [1.82, 2.24) is 10.6 Å². The number of hydrogen-bond acceptors (Lipinski definition) is 2. The Morgan fingerprint density at radius 3 is 1.87 bits per heavy atom. The number of halogens is 1. The Kier molecular flexibility index (Phi) is 6.41. The van der Waals surface area contributed by atoms with Gasteiger partial charge in [-0.3, -0.25) is 0 Å². The maximum absolute atomic E-state index is 12.8. The first-order valence-electron chi connectivity index (χ1n) is 7.56. The zero-order chi connectivity index (χ0) is 16.5. The molecular weight excluding hydrogens is 295 g/mol. The minimum Gasteiger partial charge on any atom is -0.497 e. The summed E-state index contributed by atoms with van der Waals surface area (Å²) in [6.45, 7) is 1.08. The van der Waals surface area contributed by atoms with Crippen molar-refractivity contribution in [2.45, 2.75) is 12.8 Å². The molecule has 23 heavy (non-hydrogen) atoms. The molecule has 0 atom stereocenters. The van der Waals surface area contributed by atoms with E-state index in [1.807, 2.05) is 24.3 Å². The lowest BCUT2D eigenvalue weighted by atomic mass is 10.1. The number of benzene rings is 2. The molecule has 0 heterocycles. The Bertz CT molecular complexity index is 612. The Labute approximate surface area is 135 Å². The van der Waals surface area contributed by atoms with Crippen LogP contribution in [-0.2, 0) is 12.8 Å². The molecule has 2 aromatic carbocycles. The number of amides is 2. The molecule has 0 saturated carbocycles. The summed E-state index contributed by atoms with van der Waals surface area (Å²) in [5.74, 6) is 0.568. The Morgan fingerprint density at radius 1 is 0.913 bits per heavy atom. The van der Waals surface area contributed by atoms with E-state index < -0.39 is 0 Å². The number of carbonyl (C=O) groups is 1. The Morgan fingerprint density at radius 2 is 1.39 bits per heavy atom. The Hall–Kier alpha value is -2.56. The van der Waals surface area contributed by atoms with Gasteiger partial charge in [0.2, 0.25) is 0 Å². The number of rotatable bonds is 7. The van der Waals surface area contributed by atoms with Crippen LogP contribution in [0, 0.1) is 5.82 Å². The van der Waals surface area contributed by atoms with E-state index in [0.29, 0.717) is 19.5 Å². The van der Waals surface area contributed by atoms with Gasteiger partial charge in [0.15, 0.2) is 0 Å². The van der Waals surface area contributed by atoms with Crippen molar-refractivity contribution in [3.63, 3.8) is 0 Å². The van der Waals surface area contributed by atoms with Gasteiger partial charge in [0.1, 0.15) is 11.6 Å². The van der Waals surface area contributed by atoms with E-state index in [1.54, 1.807) is 19.2 Å². The van der Waals surface area contributed by atoms with E-state index in [0.717, 1.165) is 23.3 Å². The van der Waals surface area contributed by atoms with Gasteiger partial charge in [0.25, 0.3) is 0 Å². The summed E-state index contributed by atoms with van der Waals surface area (Å²) in [6, 6.07) is 13.8. The molecule has 2 amide bonds. The predicted molar refractivity (Wildman–Crippen MR) is 88.2 cm³/mol. The maximum Gasteiger partial charge on any atom is 0.314 e. The third-order valence-corrected chi connectivity index (χ3v) is 3.47. The molecule has 0 radical (unpaired) electrons. The lowest BCUT2D eigenvalue weighted by Crippen LogP contribution is -2.37. The summed E-state index contributed by atoms with van der Waals surface area (Å²) in [5, 5.41) is 5.60. The largest absolute Gasteiger partial charge is 0.497 e. The molecule has 0 fully saturated rings. The summed E-state index contributed by atoms with van der Waals surface area (Å²) in [5.41, 5.74) is 2.13. The fourth-order valence-electron chi connectivity index (χ4n) is 2.15. The molecule has 0 aliphatic carbocycles. The van der Waals surface area contributed by atoms with E-state index in [9.17, 15) is 9.18 Å². The quantitative estimate of drug-likeness (QED) is 0.825. The maximum atomic E-state index is 12.8. The van der Waals surface area contributed by atoms with Gasteiger partial charge in [-0.1, -0.05) is 24.3 Å². The van der Waals surface area contributed by atoms with Crippen molar-refractivity contribution in [1.29, 1.82) is 0 Å². The number of carbonyl (C=O) groups excluding carboxylic acids is 1. The van der Waals surface area contributed by atoms with Crippen LogP contribution in [0.15, 0.2) is 48.5 Å². The minimum absolute atomic E-state index is 0.194. The van der Waals surface area contributed by atoms with Gasteiger partial charge in [-0.25, -0.2) is 9.18 Å². The highest BCUT2D eigenvalue weighted by molar-refractivity contribution is 5.73. The molecule has 0 aliphatic rings. The first kappa shape index (κ1) is 16.8. The van der Waals surface area contributed by atoms with E-state index in [1.165, 1.54) is 12.1 Å². The van der Waals surface area contributed by atoms with E-state index in [4.69, 9.17) is 4.74 Å². The second-order valence-corrected chi connectivity index (χ2v) is 5.16. The summed E-state index contributed by atoms with van der Waals surface area (Å²) in [6.07, 6.45) is 1.43. The van der Waals surface area contributed by atoms with Gasteiger partial charge in [0.05, 0.1) is 7.11 Å². The van der Waals surface area contributed by atoms with Crippen LogP contribution in [0.3, 0.4) is 0 Å². The fraction of sp³-hybridized carbons (Fsp3) is 0.278. The van der Waals surface area contributed by atoms with E-state index in [-0.39, 0.29) is 11.8 Å². The van der Waals surface area contributed by atoms with E-state index >= 15 is 0 Å². The normalized spacial score (nSPS) is 10.2. The third kappa shape index (κ3) is 5.98. The second-order valence-electron chi connectivity index (χ2n) is 5.16. The first-order chi connectivity index (χ1) is 11.2. The summed E-state index contributed by atoms with van der Waals surface area (Å²) in [4.78, 5) is 11.7. The van der Waals surface area contributed by atoms with Crippen LogP contribution in [0.2, 0.25) is 0 Å². The van der Waals surface area contributed by atoms with Crippen molar-refractivity contribution in [3.05, 3.63) is 65.5 Å². The lowest BCUT2D eigenvalue weighted by molar-refractivity contribution is 0.241. The minimum atomic E-state index is -0.252. The first-order valence-corrected chi connectivity index (χ1v) is 7.56. The predicted octanol–water partition coefficient (Wildman–Crippen LogP) is 2.92. The molecule has 0 saturated heterocycles. The van der Waals surface area contributed by atoms with Gasteiger partial charge in [-0.2, -0.15) is 0 Å². The number of urea groups is 1. The molecular formula is C18H21FN2O2. The molecule has 0 bridgehead atoms. The second kappa shape index (κ2) is 8.78. The molecule has 0 aliphatic heterocycles. The van der Waals surface area contributed by atoms with Gasteiger partial charge in [-0.05, 0) is 48.2 Å². The molecule has 0 unspecified atom stereocenters. The summed E-state index contributed by atoms with van der Waals surface area (Å²) >= 11 is 0. The highest BCUT2D eigenvalue weighted by Crippen LogP contribution is 2.11. The fourth-order valence-corrected chi connectivity index (χ4v) is 2.15. The van der Waals surface area contributed by atoms with Crippen LogP contribution in [0.25, 0.3) is 0 Å². The average molecular weight is 316 g/mol. The number of ether oxygens (including phenoxy) is 1.